The van der Waals surface area contributed by atoms with Crippen LogP contribution in [0, 0.1) is 0 Å². The Morgan fingerprint density at radius 3 is 2.00 bits per heavy atom. The molecule has 0 aliphatic carbocycles. The van der Waals surface area contributed by atoms with Crippen molar-refractivity contribution >= 4 is 5.97 Å². The first-order chi connectivity index (χ1) is 16.2. The maximum absolute atomic E-state index is 11.7. The number of carbonyl (C=O) groups excluding carboxylic acids is 1. The minimum Gasteiger partial charge on any atom is -0.465 e. The van der Waals surface area contributed by atoms with Gasteiger partial charge in [0.15, 0.2) is 0 Å². The molecule has 4 aromatic rings. The number of esters is 1. The molecule has 4 rings (SSSR count). The SMILES string of the molecule is COC(=O)c1ccc(CCN(Cc2ccccn2)C(c2ccccn2)c2ccccn2)nc1. The summed E-state index contributed by atoms with van der Waals surface area (Å²) < 4.78 is 4.76. The summed E-state index contributed by atoms with van der Waals surface area (Å²) in [5.41, 5.74) is 4.12. The van der Waals surface area contributed by atoms with Crippen molar-refractivity contribution in [3.63, 3.8) is 0 Å². The monoisotopic (exact) mass is 439 g/mol. The molecule has 7 nitrogen and oxygen atoms in total. The third kappa shape index (κ3) is 5.84. The molecule has 0 atom stereocenters. The highest BCUT2D eigenvalue weighted by Crippen LogP contribution is 2.27. The number of nitrogens with zero attached hydrogens (tertiary/aromatic N) is 5. The van der Waals surface area contributed by atoms with Crippen LogP contribution in [-0.2, 0) is 17.7 Å². The van der Waals surface area contributed by atoms with Gasteiger partial charge in [0.05, 0.1) is 35.8 Å². The van der Waals surface area contributed by atoms with Crippen molar-refractivity contribution in [1.82, 2.24) is 24.8 Å². The second-order valence-corrected chi connectivity index (χ2v) is 7.48. The van der Waals surface area contributed by atoms with Crippen LogP contribution in [0.25, 0.3) is 0 Å². The molecular formula is C26H25N5O2. The van der Waals surface area contributed by atoms with Gasteiger partial charge in [-0.2, -0.15) is 0 Å². The average molecular weight is 440 g/mol. The van der Waals surface area contributed by atoms with Gasteiger partial charge < -0.3 is 4.74 Å². The first kappa shape index (κ1) is 22.2. The first-order valence-electron chi connectivity index (χ1n) is 10.7. The Kier molecular flexibility index (Phi) is 7.45. The van der Waals surface area contributed by atoms with Crippen LogP contribution < -0.4 is 0 Å². The zero-order valence-corrected chi connectivity index (χ0v) is 18.4. The van der Waals surface area contributed by atoms with E-state index >= 15 is 0 Å². The fourth-order valence-corrected chi connectivity index (χ4v) is 3.67. The molecule has 4 heterocycles. The summed E-state index contributed by atoms with van der Waals surface area (Å²) >= 11 is 0. The van der Waals surface area contributed by atoms with Crippen LogP contribution in [0.2, 0.25) is 0 Å². The molecule has 0 aromatic carbocycles. The van der Waals surface area contributed by atoms with E-state index in [0.29, 0.717) is 25.1 Å². The Hall–Kier alpha value is -3.97. The highest BCUT2D eigenvalue weighted by molar-refractivity contribution is 5.88. The molecular weight excluding hydrogens is 414 g/mol. The topological polar surface area (TPSA) is 81.1 Å². The predicted molar refractivity (Wildman–Crippen MR) is 124 cm³/mol. The molecule has 0 bridgehead atoms. The van der Waals surface area contributed by atoms with E-state index in [0.717, 1.165) is 22.8 Å². The van der Waals surface area contributed by atoms with Crippen LogP contribution in [0.1, 0.15) is 39.2 Å². The molecule has 0 radical (unpaired) electrons. The molecule has 0 N–H and O–H groups in total. The predicted octanol–water partition coefficient (Wildman–Crippen LogP) is 3.89. The standard InChI is InChI=1S/C26H25N5O2/c1-33-26(32)20-11-12-21(30-18-20)13-17-31(19-22-8-2-5-14-27-22)25(23-9-3-6-15-28-23)24-10-4-7-16-29-24/h2-12,14-16,18,25H,13,17,19H2,1H3. The van der Waals surface area contributed by atoms with Crippen LogP contribution in [-0.4, -0.2) is 44.5 Å². The van der Waals surface area contributed by atoms with Crippen molar-refractivity contribution in [2.24, 2.45) is 0 Å². The fourth-order valence-electron chi connectivity index (χ4n) is 3.67. The van der Waals surface area contributed by atoms with Gasteiger partial charge in [0.25, 0.3) is 0 Å². The number of hydrogen-bond acceptors (Lipinski definition) is 7. The fraction of sp³-hybridized carbons (Fsp3) is 0.192. The van der Waals surface area contributed by atoms with Crippen molar-refractivity contribution in [3.8, 4) is 0 Å². The summed E-state index contributed by atoms with van der Waals surface area (Å²) in [6.45, 7) is 1.32. The van der Waals surface area contributed by atoms with Crippen molar-refractivity contribution in [1.29, 1.82) is 0 Å². The lowest BCUT2D eigenvalue weighted by molar-refractivity contribution is 0.0600. The van der Waals surface area contributed by atoms with Gasteiger partial charge in [-0.1, -0.05) is 18.2 Å². The second kappa shape index (κ2) is 11.1. The molecule has 166 valence electrons. The van der Waals surface area contributed by atoms with E-state index in [1.54, 1.807) is 30.9 Å². The van der Waals surface area contributed by atoms with E-state index < -0.39 is 5.97 Å². The molecule has 7 heteroatoms. The molecule has 33 heavy (non-hydrogen) atoms. The Bertz CT molecular complexity index is 1100. The van der Waals surface area contributed by atoms with Crippen LogP contribution in [0.5, 0.6) is 0 Å². The van der Waals surface area contributed by atoms with E-state index in [2.05, 4.69) is 24.8 Å². The van der Waals surface area contributed by atoms with Gasteiger partial charge in [0.2, 0.25) is 0 Å². The molecule has 0 aliphatic heterocycles. The average Bonchev–Trinajstić information content (AvgIpc) is 2.89. The molecule has 0 unspecified atom stereocenters. The lowest BCUT2D eigenvalue weighted by atomic mass is 10.0. The maximum Gasteiger partial charge on any atom is 0.339 e. The highest BCUT2D eigenvalue weighted by Gasteiger charge is 2.25. The minimum atomic E-state index is -0.392. The lowest BCUT2D eigenvalue weighted by Crippen LogP contribution is -2.32. The normalized spacial score (nSPS) is 11.0. The third-order valence-corrected chi connectivity index (χ3v) is 5.29. The maximum atomic E-state index is 11.7. The van der Waals surface area contributed by atoms with Crippen LogP contribution in [0.15, 0.2) is 91.5 Å². The third-order valence-electron chi connectivity index (χ3n) is 5.29. The number of hydrogen-bond donors (Lipinski definition) is 0. The number of rotatable bonds is 9. The van der Waals surface area contributed by atoms with Gasteiger partial charge in [0.1, 0.15) is 0 Å². The Balaban J connectivity index is 1.63. The van der Waals surface area contributed by atoms with Crippen LogP contribution >= 0.6 is 0 Å². The number of carbonyl (C=O) groups is 1. The zero-order valence-electron chi connectivity index (χ0n) is 18.4. The molecule has 4 aromatic heterocycles. The second-order valence-electron chi connectivity index (χ2n) is 7.48. The van der Waals surface area contributed by atoms with Crippen LogP contribution in [0.3, 0.4) is 0 Å². The van der Waals surface area contributed by atoms with E-state index in [1.165, 1.54) is 7.11 Å². The number of aromatic nitrogens is 4. The molecule has 0 aliphatic rings. The largest absolute Gasteiger partial charge is 0.465 e. The minimum absolute atomic E-state index is 0.149. The highest BCUT2D eigenvalue weighted by atomic mass is 16.5. The quantitative estimate of drug-likeness (QED) is 0.366. The zero-order chi connectivity index (χ0) is 22.9. The molecule has 0 spiro atoms. The molecule has 0 amide bonds. The summed E-state index contributed by atoms with van der Waals surface area (Å²) in [6.07, 6.45) is 7.65. The molecule has 0 saturated carbocycles. The van der Waals surface area contributed by atoms with Crippen molar-refractivity contribution in [2.45, 2.75) is 19.0 Å². The van der Waals surface area contributed by atoms with Gasteiger partial charge in [-0.3, -0.25) is 24.8 Å². The smallest absolute Gasteiger partial charge is 0.339 e. The van der Waals surface area contributed by atoms with E-state index in [4.69, 9.17) is 4.74 Å². The van der Waals surface area contributed by atoms with E-state index in [9.17, 15) is 4.79 Å². The Morgan fingerprint density at radius 2 is 1.48 bits per heavy atom. The van der Waals surface area contributed by atoms with Crippen molar-refractivity contribution in [2.75, 3.05) is 13.7 Å². The number of pyridine rings is 4. The van der Waals surface area contributed by atoms with Gasteiger partial charge in [-0.15, -0.1) is 0 Å². The van der Waals surface area contributed by atoms with Gasteiger partial charge in [-0.05, 0) is 48.5 Å². The van der Waals surface area contributed by atoms with Crippen molar-refractivity contribution in [3.05, 3.63) is 120 Å². The number of methoxy groups -OCH3 is 1. The summed E-state index contributed by atoms with van der Waals surface area (Å²) in [4.78, 5) is 32.3. The first-order valence-corrected chi connectivity index (χ1v) is 10.7. The summed E-state index contributed by atoms with van der Waals surface area (Å²) in [6, 6.07) is 21.2. The van der Waals surface area contributed by atoms with E-state index in [-0.39, 0.29) is 6.04 Å². The summed E-state index contributed by atoms with van der Waals surface area (Å²) in [5, 5.41) is 0. The van der Waals surface area contributed by atoms with Gasteiger partial charge >= 0.3 is 5.97 Å². The Morgan fingerprint density at radius 1 is 0.818 bits per heavy atom. The Labute approximate surface area is 193 Å². The molecule has 0 fully saturated rings. The number of ether oxygens (including phenoxy) is 1. The van der Waals surface area contributed by atoms with E-state index in [1.807, 2.05) is 60.7 Å². The van der Waals surface area contributed by atoms with Gasteiger partial charge in [0, 0.05) is 50.0 Å². The van der Waals surface area contributed by atoms with Crippen molar-refractivity contribution < 1.29 is 9.53 Å². The summed E-state index contributed by atoms with van der Waals surface area (Å²) in [7, 11) is 1.36. The van der Waals surface area contributed by atoms with Crippen LogP contribution in [0.4, 0.5) is 0 Å². The molecule has 0 saturated heterocycles. The summed E-state index contributed by atoms with van der Waals surface area (Å²) in [5.74, 6) is -0.392. The van der Waals surface area contributed by atoms with Gasteiger partial charge in [-0.25, -0.2) is 4.79 Å². The lowest BCUT2D eigenvalue weighted by Gasteiger charge is -2.31.